The number of nitrogens with two attached hydrogens (primary N) is 1. The summed E-state index contributed by atoms with van der Waals surface area (Å²) < 4.78 is 15.2. The van der Waals surface area contributed by atoms with Crippen LogP contribution in [0.2, 0.25) is 10.0 Å². The number of nitrogens with zero attached hydrogens (tertiary/aromatic N) is 2. The van der Waals surface area contributed by atoms with Crippen LogP contribution in [0.3, 0.4) is 0 Å². The summed E-state index contributed by atoms with van der Waals surface area (Å²) in [6, 6.07) is 7.23. The van der Waals surface area contributed by atoms with E-state index in [1.54, 1.807) is 19.9 Å². The van der Waals surface area contributed by atoms with E-state index in [-0.39, 0.29) is 79.4 Å². The number of ketones is 2. The molecule has 0 saturated carbocycles. The average Bonchev–Trinajstić information content (AvgIpc) is 3.16. The normalized spacial score (nSPS) is 18.6. The second-order valence-electron chi connectivity index (χ2n) is 14.8. The maximum absolute atomic E-state index is 15.2. The van der Waals surface area contributed by atoms with E-state index in [4.69, 9.17) is 34.3 Å². The van der Waals surface area contributed by atoms with Crippen LogP contribution in [0.4, 0.5) is 10.1 Å². The van der Waals surface area contributed by atoms with Gasteiger partial charge in [-0.1, -0.05) is 50.0 Å². The Morgan fingerprint density at radius 2 is 1.62 bits per heavy atom. The molecule has 0 aromatic heterocycles. The van der Waals surface area contributed by atoms with E-state index in [2.05, 4.69) is 20.9 Å². The van der Waals surface area contributed by atoms with Gasteiger partial charge in [-0.25, -0.2) is 4.39 Å². The number of imide groups is 1. The Morgan fingerprint density at radius 3 is 2.16 bits per heavy atom. The molecule has 3 saturated heterocycles. The molecule has 56 heavy (non-hydrogen) atoms. The first-order valence-corrected chi connectivity index (χ1v) is 19.5. The third-order valence-corrected chi connectivity index (χ3v) is 10.9. The van der Waals surface area contributed by atoms with Crippen molar-refractivity contribution >= 4 is 70.3 Å². The number of carbonyl (C=O) groups excluding carboxylic acids is 6. The molecule has 0 radical (unpaired) electrons. The molecule has 302 valence electrons. The third kappa shape index (κ3) is 11.5. The molecule has 0 spiro atoms. The summed E-state index contributed by atoms with van der Waals surface area (Å²) >= 11 is 12.2. The molecule has 3 heterocycles. The minimum absolute atomic E-state index is 0.0164. The molecule has 6 N–H and O–H groups in total. The van der Waals surface area contributed by atoms with Crippen molar-refractivity contribution in [2.24, 2.45) is 23.5 Å². The van der Waals surface area contributed by atoms with Gasteiger partial charge in [-0.15, -0.1) is 0 Å². The fraction of sp³-hybridized carbons (Fsp3) is 0.475. The summed E-state index contributed by atoms with van der Waals surface area (Å²) in [5, 5.41) is 15.5. The average molecular weight is 815 g/mol. The topological polar surface area (TPSA) is 195 Å². The van der Waals surface area contributed by atoms with Gasteiger partial charge in [0.05, 0.1) is 27.0 Å². The first kappa shape index (κ1) is 44.1. The van der Waals surface area contributed by atoms with Crippen LogP contribution < -0.4 is 26.6 Å². The largest absolute Gasteiger partial charge is 0.393 e. The van der Waals surface area contributed by atoms with Crippen LogP contribution >= 0.6 is 23.2 Å². The van der Waals surface area contributed by atoms with Gasteiger partial charge in [0.1, 0.15) is 11.5 Å². The van der Waals surface area contributed by atoms with E-state index in [1.165, 1.54) is 31.2 Å². The van der Waals surface area contributed by atoms with Crippen molar-refractivity contribution in [2.45, 2.75) is 72.3 Å². The van der Waals surface area contributed by atoms with Crippen molar-refractivity contribution in [1.82, 2.24) is 20.9 Å². The van der Waals surface area contributed by atoms with Crippen LogP contribution in [0.25, 0.3) is 0 Å². The summed E-state index contributed by atoms with van der Waals surface area (Å²) in [6.45, 7) is 10.4. The highest BCUT2D eigenvalue weighted by atomic mass is 35.5. The smallest absolute Gasteiger partial charge is 0.269 e. The third-order valence-electron chi connectivity index (χ3n) is 10.3. The molecular formula is C40H50Cl2FN7O6. The molecule has 16 heteroatoms. The number of hydrogen-bond donors (Lipinski definition) is 5. The lowest BCUT2D eigenvalue weighted by atomic mass is 9.92. The van der Waals surface area contributed by atoms with Crippen LogP contribution in [-0.4, -0.2) is 85.1 Å². The molecule has 4 amide bonds. The molecule has 0 aliphatic carbocycles. The van der Waals surface area contributed by atoms with E-state index in [1.807, 2.05) is 11.8 Å². The molecule has 3 aliphatic heterocycles. The van der Waals surface area contributed by atoms with E-state index in [0.717, 1.165) is 38.7 Å². The number of Topliss-reactive ketones (excluding diaryl/α,β-unsaturated/α-hetero) is 2. The lowest BCUT2D eigenvalue weighted by Crippen LogP contribution is -2.48. The number of allylic oxidation sites excluding steroid dienone is 1. The highest BCUT2D eigenvalue weighted by molar-refractivity contribution is 6.39. The lowest BCUT2D eigenvalue weighted by molar-refractivity contribution is -0.135. The Kier molecular flexibility index (Phi) is 15.7. The van der Waals surface area contributed by atoms with Crippen molar-refractivity contribution in [3.05, 3.63) is 74.3 Å². The predicted octanol–water partition coefficient (Wildman–Crippen LogP) is 5.28. The fourth-order valence-electron chi connectivity index (χ4n) is 6.86. The van der Waals surface area contributed by atoms with Gasteiger partial charge >= 0.3 is 0 Å². The van der Waals surface area contributed by atoms with Gasteiger partial charge in [0, 0.05) is 74.4 Å². The van der Waals surface area contributed by atoms with Crippen molar-refractivity contribution in [3.63, 3.8) is 0 Å². The maximum Gasteiger partial charge on any atom is 0.269 e. The number of halogens is 3. The lowest BCUT2D eigenvalue weighted by Gasteiger charge is -2.38. The zero-order valence-corrected chi connectivity index (χ0v) is 33.6. The highest BCUT2D eigenvalue weighted by Gasteiger charge is 2.29. The minimum atomic E-state index is -0.684. The van der Waals surface area contributed by atoms with Gasteiger partial charge in [-0.3, -0.25) is 34.1 Å². The van der Waals surface area contributed by atoms with Gasteiger partial charge in [0.15, 0.2) is 11.6 Å². The molecule has 5 rings (SSSR count). The van der Waals surface area contributed by atoms with Crippen molar-refractivity contribution < 1.29 is 33.2 Å². The summed E-state index contributed by atoms with van der Waals surface area (Å²) in [5.74, 6) is -2.45. The molecular weight excluding hydrogens is 764 g/mol. The van der Waals surface area contributed by atoms with Crippen LogP contribution in [0.15, 0.2) is 41.7 Å². The van der Waals surface area contributed by atoms with Crippen LogP contribution in [0.5, 0.6) is 0 Å². The quantitative estimate of drug-likeness (QED) is 0.0869. The standard InChI is InChI=1S/C34H41Cl2FN6O4.C6H9NO2/c1-19(2)32(45)24-15-27(37)29(16-23(24)20(3)44)43-13-7-21(8-14-43)18-42-11-9-22(10-12-42)40-34(47)31(39)28(17-38)41-33(46)30-25(35)5-4-6-26(30)36;1-4-2-3-5(8)7-6(4)9/h4-6,15-17,19,21-22,38H,7-14,18,39H2,1-3H3,(H,40,47)(H,41,46);4H,2-3H2,1H3,(H,7,8,9)/b31-28+,38-17?;. The molecule has 13 nitrogen and oxygen atoms in total. The predicted molar refractivity (Wildman–Crippen MR) is 214 cm³/mol. The number of piperidine rings is 3. The summed E-state index contributed by atoms with van der Waals surface area (Å²) in [4.78, 5) is 76.0. The van der Waals surface area contributed by atoms with Gasteiger partial charge in [0.25, 0.3) is 11.8 Å². The second-order valence-corrected chi connectivity index (χ2v) is 15.6. The molecule has 3 fully saturated rings. The van der Waals surface area contributed by atoms with Crippen molar-refractivity contribution in [1.29, 1.82) is 5.41 Å². The van der Waals surface area contributed by atoms with E-state index in [9.17, 15) is 28.8 Å². The van der Waals surface area contributed by atoms with Gasteiger partial charge in [-0.2, -0.15) is 0 Å². The molecule has 0 bridgehead atoms. The van der Waals surface area contributed by atoms with Gasteiger partial charge in [0.2, 0.25) is 11.8 Å². The summed E-state index contributed by atoms with van der Waals surface area (Å²) in [5.41, 5.74) is 6.35. The second kappa shape index (κ2) is 20.0. The van der Waals surface area contributed by atoms with Gasteiger partial charge < -0.3 is 31.6 Å². The molecule has 1 atom stereocenters. The number of amides is 4. The SMILES string of the molecule is CC(=O)c1cc(N2CCC(CN3CCC(NC(=O)/C(N)=C(/C=N)NC(=O)c4c(Cl)cccc4Cl)CC3)CC2)c(F)cc1C(=O)C(C)C.CC1CCC(=O)NC1=O. The Labute approximate surface area is 336 Å². The number of nitrogens with one attached hydrogen (secondary N) is 4. The van der Waals surface area contributed by atoms with E-state index in [0.29, 0.717) is 50.4 Å². The zero-order valence-electron chi connectivity index (χ0n) is 32.1. The molecule has 2 aromatic rings. The molecule has 2 aromatic carbocycles. The number of carbonyl (C=O) groups is 6. The summed E-state index contributed by atoms with van der Waals surface area (Å²) in [7, 11) is 0. The molecule has 1 unspecified atom stereocenters. The Balaban J connectivity index is 0.000000678. The Morgan fingerprint density at radius 1 is 1.00 bits per heavy atom. The number of benzene rings is 2. The minimum Gasteiger partial charge on any atom is -0.393 e. The Bertz CT molecular complexity index is 1870. The van der Waals surface area contributed by atoms with Crippen molar-refractivity contribution in [3.8, 4) is 0 Å². The van der Waals surface area contributed by atoms with Gasteiger partial charge in [-0.05, 0) is 69.2 Å². The summed E-state index contributed by atoms with van der Waals surface area (Å²) in [6.07, 6.45) is 5.12. The van der Waals surface area contributed by atoms with Crippen LogP contribution in [-0.2, 0) is 14.4 Å². The Hall–Kier alpha value is -4.66. The first-order chi connectivity index (χ1) is 26.5. The van der Waals surface area contributed by atoms with Crippen LogP contribution in [0.1, 0.15) is 97.3 Å². The monoisotopic (exact) mass is 813 g/mol. The van der Waals surface area contributed by atoms with Crippen molar-refractivity contribution in [2.75, 3.05) is 37.6 Å². The number of rotatable bonds is 11. The highest BCUT2D eigenvalue weighted by Crippen LogP contribution is 2.31. The maximum atomic E-state index is 15.2. The molecule has 3 aliphatic rings. The van der Waals surface area contributed by atoms with E-state index >= 15 is 4.39 Å². The number of hydrogen-bond acceptors (Lipinski definition) is 10. The zero-order chi connectivity index (χ0) is 41.3. The number of likely N-dealkylation sites (tertiary alicyclic amines) is 1. The van der Waals surface area contributed by atoms with Crippen LogP contribution in [0, 0.1) is 29.0 Å². The first-order valence-electron chi connectivity index (χ1n) is 18.8. The fourth-order valence-corrected chi connectivity index (χ4v) is 7.43. The number of anilines is 1. The van der Waals surface area contributed by atoms with E-state index < -0.39 is 17.6 Å².